The Hall–Kier alpha value is -2.38. The Bertz CT molecular complexity index is 858. The van der Waals surface area contributed by atoms with Crippen molar-refractivity contribution in [3.63, 3.8) is 0 Å². The molecule has 3 rings (SSSR count). The van der Waals surface area contributed by atoms with E-state index in [1.807, 2.05) is 0 Å². The Kier molecular flexibility index (Phi) is 5.06. The van der Waals surface area contributed by atoms with Crippen LogP contribution in [0.2, 0.25) is 0 Å². The zero-order valence-electron chi connectivity index (χ0n) is 15.6. The minimum atomic E-state index is 0.407. The highest BCUT2D eigenvalue weighted by Gasteiger charge is 2.07. The van der Waals surface area contributed by atoms with E-state index in [9.17, 15) is 0 Å². The van der Waals surface area contributed by atoms with E-state index in [1.54, 1.807) is 0 Å². The monoisotopic (exact) mass is 329 g/mol. The van der Waals surface area contributed by atoms with Gasteiger partial charge >= 0.3 is 0 Å². The molecule has 25 heavy (non-hydrogen) atoms. The first-order valence-corrected chi connectivity index (χ1v) is 8.98. The molecule has 0 aliphatic carbocycles. The lowest BCUT2D eigenvalue weighted by atomic mass is 9.93. The molecule has 0 aliphatic heterocycles. The Morgan fingerprint density at radius 2 is 1.16 bits per heavy atom. The van der Waals surface area contributed by atoms with Gasteiger partial charge in [0.1, 0.15) is 0 Å². The third kappa shape index (κ3) is 3.67. The van der Waals surface area contributed by atoms with Crippen molar-refractivity contribution < 1.29 is 0 Å². The van der Waals surface area contributed by atoms with Crippen LogP contribution in [0.3, 0.4) is 0 Å². The lowest BCUT2D eigenvalue weighted by molar-refractivity contribution is 0.774. The number of hydrogen-bond donors (Lipinski definition) is 1. The van der Waals surface area contributed by atoms with E-state index >= 15 is 0 Å². The first-order valence-electron chi connectivity index (χ1n) is 8.98. The average Bonchev–Trinajstić information content (AvgIpc) is 2.64. The fraction of sp³-hybridized carbons (Fsp3) is 0.250. The molecular weight excluding hydrogens is 302 g/mol. The van der Waals surface area contributed by atoms with E-state index in [0.717, 1.165) is 0 Å². The number of nitrogens with two attached hydrogens (primary N) is 1. The maximum atomic E-state index is 5.76. The average molecular weight is 329 g/mol. The van der Waals surface area contributed by atoms with Crippen molar-refractivity contribution in [3.05, 3.63) is 82.9 Å². The minimum Gasteiger partial charge on any atom is -0.330 e. The highest BCUT2D eigenvalue weighted by molar-refractivity contribution is 5.73. The molecule has 3 aromatic rings. The molecule has 0 fully saturated rings. The van der Waals surface area contributed by atoms with Crippen molar-refractivity contribution in [1.82, 2.24) is 0 Å². The van der Waals surface area contributed by atoms with Crippen molar-refractivity contribution in [3.8, 4) is 22.3 Å². The summed E-state index contributed by atoms with van der Waals surface area (Å²) in [6.45, 7) is 9.38. The molecule has 0 heterocycles. The first-order chi connectivity index (χ1) is 12.0. The van der Waals surface area contributed by atoms with Crippen molar-refractivity contribution in [1.29, 1.82) is 0 Å². The molecule has 3 aromatic carbocycles. The molecule has 0 saturated carbocycles. The molecular formula is C24H27N. The van der Waals surface area contributed by atoms with E-state index in [1.165, 1.54) is 44.5 Å². The summed E-state index contributed by atoms with van der Waals surface area (Å²) < 4.78 is 0. The molecule has 1 unspecified atom stereocenters. The number of aryl methyl sites for hydroxylation is 3. The van der Waals surface area contributed by atoms with Crippen molar-refractivity contribution >= 4 is 0 Å². The van der Waals surface area contributed by atoms with Crippen LogP contribution in [0, 0.1) is 20.8 Å². The lowest BCUT2D eigenvalue weighted by Gasteiger charge is -2.12. The van der Waals surface area contributed by atoms with Gasteiger partial charge < -0.3 is 5.73 Å². The highest BCUT2D eigenvalue weighted by Crippen LogP contribution is 2.29. The number of hydrogen-bond acceptors (Lipinski definition) is 1. The quantitative estimate of drug-likeness (QED) is 0.623. The lowest BCUT2D eigenvalue weighted by Crippen LogP contribution is -2.08. The molecule has 0 amide bonds. The van der Waals surface area contributed by atoms with Crippen molar-refractivity contribution in [2.45, 2.75) is 33.6 Å². The Morgan fingerprint density at radius 3 is 1.72 bits per heavy atom. The molecule has 1 atom stereocenters. The van der Waals surface area contributed by atoms with Crippen LogP contribution in [0.15, 0.2) is 60.7 Å². The highest BCUT2D eigenvalue weighted by atomic mass is 14.5. The van der Waals surface area contributed by atoms with E-state index in [4.69, 9.17) is 5.73 Å². The topological polar surface area (TPSA) is 26.0 Å². The summed E-state index contributed by atoms with van der Waals surface area (Å²) in [7, 11) is 0. The molecule has 128 valence electrons. The number of benzene rings is 3. The van der Waals surface area contributed by atoms with Crippen LogP contribution < -0.4 is 5.73 Å². The van der Waals surface area contributed by atoms with Crippen LogP contribution in [0.25, 0.3) is 22.3 Å². The largest absolute Gasteiger partial charge is 0.330 e. The SMILES string of the molecule is Cc1cc(C)c(-c2ccc(-c3ccc(C(C)CN)cc3)cc2)cc1C. The fourth-order valence-corrected chi connectivity index (χ4v) is 3.25. The van der Waals surface area contributed by atoms with Gasteiger partial charge in [-0.1, -0.05) is 67.6 Å². The van der Waals surface area contributed by atoms with Gasteiger partial charge in [-0.25, -0.2) is 0 Å². The van der Waals surface area contributed by atoms with Crippen LogP contribution in [0.5, 0.6) is 0 Å². The van der Waals surface area contributed by atoms with E-state index in [2.05, 4.69) is 88.4 Å². The Balaban J connectivity index is 1.89. The minimum absolute atomic E-state index is 0.407. The molecule has 0 radical (unpaired) electrons. The summed E-state index contributed by atoms with van der Waals surface area (Å²) in [5.74, 6) is 0.407. The summed E-state index contributed by atoms with van der Waals surface area (Å²) in [5.41, 5.74) is 16.2. The predicted octanol–water partition coefficient (Wildman–Crippen LogP) is 6.01. The zero-order valence-corrected chi connectivity index (χ0v) is 15.6. The number of rotatable bonds is 4. The summed E-state index contributed by atoms with van der Waals surface area (Å²) in [6.07, 6.45) is 0. The van der Waals surface area contributed by atoms with Gasteiger partial charge in [0.25, 0.3) is 0 Å². The smallest absolute Gasteiger partial charge is 0.00109 e. The van der Waals surface area contributed by atoms with E-state index < -0.39 is 0 Å². The summed E-state index contributed by atoms with van der Waals surface area (Å²) in [6, 6.07) is 22.2. The van der Waals surface area contributed by atoms with Crippen LogP contribution in [0.1, 0.15) is 35.1 Å². The molecule has 1 nitrogen and oxygen atoms in total. The Labute approximate surface area is 151 Å². The van der Waals surface area contributed by atoms with Gasteiger partial charge in [0.15, 0.2) is 0 Å². The van der Waals surface area contributed by atoms with Gasteiger partial charge in [0, 0.05) is 0 Å². The van der Waals surface area contributed by atoms with Crippen LogP contribution >= 0.6 is 0 Å². The van der Waals surface area contributed by atoms with Crippen LogP contribution in [-0.2, 0) is 0 Å². The third-order valence-electron chi connectivity index (χ3n) is 5.20. The van der Waals surface area contributed by atoms with E-state index in [-0.39, 0.29) is 0 Å². The Morgan fingerprint density at radius 1 is 0.680 bits per heavy atom. The third-order valence-corrected chi connectivity index (χ3v) is 5.20. The predicted molar refractivity (Wildman–Crippen MR) is 109 cm³/mol. The summed E-state index contributed by atoms with van der Waals surface area (Å²) >= 11 is 0. The van der Waals surface area contributed by atoms with Gasteiger partial charge in [-0.2, -0.15) is 0 Å². The zero-order chi connectivity index (χ0) is 18.0. The molecule has 0 aromatic heterocycles. The van der Waals surface area contributed by atoms with Gasteiger partial charge in [0.2, 0.25) is 0 Å². The first kappa shape index (κ1) is 17.4. The maximum absolute atomic E-state index is 5.76. The second kappa shape index (κ2) is 7.25. The summed E-state index contributed by atoms with van der Waals surface area (Å²) in [5, 5.41) is 0. The van der Waals surface area contributed by atoms with Crippen LogP contribution in [-0.4, -0.2) is 6.54 Å². The maximum Gasteiger partial charge on any atom is -0.00109 e. The molecule has 1 heteroatoms. The second-order valence-electron chi connectivity index (χ2n) is 7.09. The molecule has 0 aliphatic rings. The normalized spacial score (nSPS) is 12.2. The van der Waals surface area contributed by atoms with Gasteiger partial charge in [0.05, 0.1) is 0 Å². The second-order valence-corrected chi connectivity index (χ2v) is 7.09. The standard InChI is InChI=1S/C24H27N/c1-16-13-18(3)24(14-17(16)2)23-11-9-22(10-12-23)21-7-5-20(6-8-21)19(4)15-25/h5-14,19H,15,25H2,1-4H3. The molecule has 0 saturated heterocycles. The van der Waals surface area contributed by atoms with Crippen molar-refractivity contribution in [2.24, 2.45) is 5.73 Å². The van der Waals surface area contributed by atoms with Crippen LogP contribution in [0.4, 0.5) is 0 Å². The molecule has 0 spiro atoms. The van der Waals surface area contributed by atoms with Gasteiger partial charge in [-0.3, -0.25) is 0 Å². The fourth-order valence-electron chi connectivity index (χ4n) is 3.25. The van der Waals surface area contributed by atoms with Gasteiger partial charge in [-0.05, 0) is 77.7 Å². The van der Waals surface area contributed by atoms with Gasteiger partial charge in [-0.15, -0.1) is 0 Å². The summed E-state index contributed by atoms with van der Waals surface area (Å²) in [4.78, 5) is 0. The van der Waals surface area contributed by atoms with Crippen molar-refractivity contribution in [2.75, 3.05) is 6.54 Å². The molecule has 0 bridgehead atoms. The molecule has 2 N–H and O–H groups in total. The van der Waals surface area contributed by atoms with E-state index in [0.29, 0.717) is 12.5 Å².